The number of hydrogen-bond acceptors (Lipinski definition) is 4. The molecule has 0 N–H and O–H groups in total. The van der Waals surface area contributed by atoms with Crippen molar-refractivity contribution in [3.8, 4) is 0 Å². The Morgan fingerprint density at radius 2 is 1.48 bits per heavy atom. The first-order valence-corrected chi connectivity index (χ1v) is 8.45. The van der Waals surface area contributed by atoms with Gasteiger partial charge >= 0.3 is 11.9 Å². The SMILES string of the molecule is CCCCCCCCC(C)OC(=O)CCCC(=O)OCC. The highest BCUT2D eigenvalue weighted by Gasteiger charge is 2.10. The van der Waals surface area contributed by atoms with Crippen LogP contribution in [-0.2, 0) is 19.1 Å². The standard InChI is InChI=1S/C17H32O4/c1-4-6-7-8-9-10-12-15(3)21-17(19)14-11-13-16(18)20-5-2/h15H,4-14H2,1-3H3. The van der Waals surface area contributed by atoms with Crippen molar-refractivity contribution in [3.63, 3.8) is 0 Å². The van der Waals surface area contributed by atoms with Crippen LogP contribution in [0, 0.1) is 0 Å². The van der Waals surface area contributed by atoms with Gasteiger partial charge in [-0.25, -0.2) is 0 Å². The van der Waals surface area contributed by atoms with Gasteiger partial charge in [0.25, 0.3) is 0 Å². The van der Waals surface area contributed by atoms with Crippen molar-refractivity contribution >= 4 is 11.9 Å². The van der Waals surface area contributed by atoms with Crippen molar-refractivity contribution in [3.05, 3.63) is 0 Å². The second kappa shape index (κ2) is 13.9. The lowest BCUT2D eigenvalue weighted by Crippen LogP contribution is -2.15. The maximum atomic E-state index is 11.6. The highest BCUT2D eigenvalue weighted by Crippen LogP contribution is 2.11. The molecule has 0 bridgehead atoms. The molecule has 1 unspecified atom stereocenters. The van der Waals surface area contributed by atoms with Gasteiger partial charge in [-0.05, 0) is 33.1 Å². The molecule has 0 rings (SSSR count). The summed E-state index contributed by atoms with van der Waals surface area (Å²) in [6.45, 7) is 6.31. The van der Waals surface area contributed by atoms with Crippen molar-refractivity contribution < 1.29 is 19.1 Å². The average Bonchev–Trinajstić information content (AvgIpc) is 2.43. The van der Waals surface area contributed by atoms with Crippen LogP contribution in [0.1, 0.15) is 85.0 Å². The Morgan fingerprint density at radius 1 is 0.857 bits per heavy atom. The van der Waals surface area contributed by atoms with Crippen LogP contribution in [0.3, 0.4) is 0 Å². The van der Waals surface area contributed by atoms with E-state index in [0.717, 1.165) is 12.8 Å². The lowest BCUT2D eigenvalue weighted by molar-refractivity contribution is -0.149. The third kappa shape index (κ3) is 13.7. The summed E-state index contributed by atoms with van der Waals surface area (Å²) in [5.74, 6) is -0.455. The normalized spacial score (nSPS) is 12.0. The molecule has 0 saturated heterocycles. The third-order valence-electron chi connectivity index (χ3n) is 3.36. The van der Waals surface area contributed by atoms with Gasteiger partial charge in [0.15, 0.2) is 0 Å². The molecular weight excluding hydrogens is 268 g/mol. The van der Waals surface area contributed by atoms with E-state index in [1.807, 2.05) is 6.92 Å². The number of hydrogen-bond donors (Lipinski definition) is 0. The van der Waals surface area contributed by atoms with Crippen molar-refractivity contribution in [2.75, 3.05) is 6.61 Å². The molecule has 4 heteroatoms. The van der Waals surface area contributed by atoms with E-state index in [4.69, 9.17) is 9.47 Å². The Morgan fingerprint density at radius 3 is 2.14 bits per heavy atom. The highest BCUT2D eigenvalue weighted by atomic mass is 16.5. The lowest BCUT2D eigenvalue weighted by Gasteiger charge is -2.13. The third-order valence-corrected chi connectivity index (χ3v) is 3.36. The van der Waals surface area contributed by atoms with Crippen LogP contribution in [-0.4, -0.2) is 24.6 Å². The Bertz CT molecular complexity index is 276. The van der Waals surface area contributed by atoms with Crippen molar-refractivity contribution in [1.82, 2.24) is 0 Å². The minimum atomic E-state index is -0.245. The van der Waals surface area contributed by atoms with Crippen molar-refractivity contribution in [2.45, 2.75) is 91.1 Å². The van der Waals surface area contributed by atoms with E-state index in [2.05, 4.69) is 6.92 Å². The highest BCUT2D eigenvalue weighted by molar-refractivity contribution is 5.72. The summed E-state index contributed by atoms with van der Waals surface area (Å²) in [5.41, 5.74) is 0. The first-order chi connectivity index (χ1) is 10.1. The number of carbonyl (C=O) groups is 2. The molecule has 0 spiro atoms. The van der Waals surface area contributed by atoms with Gasteiger partial charge in [-0.15, -0.1) is 0 Å². The first-order valence-electron chi connectivity index (χ1n) is 8.45. The average molecular weight is 300 g/mol. The largest absolute Gasteiger partial charge is 0.466 e. The van der Waals surface area contributed by atoms with Gasteiger partial charge in [-0.3, -0.25) is 9.59 Å². The van der Waals surface area contributed by atoms with Crippen molar-refractivity contribution in [2.24, 2.45) is 0 Å². The van der Waals surface area contributed by atoms with E-state index in [9.17, 15) is 9.59 Å². The fourth-order valence-electron chi connectivity index (χ4n) is 2.16. The molecule has 0 aromatic carbocycles. The van der Waals surface area contributed by atoms with E-state index >= 15 is 0 Å². The van der Waals surface area contributed by atoms with Gasteiger partial charge in [-0.1, -0.05) is 39.0 Å². The molecule has 21 heavy (non-hydrogen) atoms. The minimum Gasteiger partial charge on any atom is -0.466 e. The molecule has 0 aliphatic carbocycles. The Hall–Kier alpha value is -1.06. The summed E-state index contributed by atoms with van der Waals surface area (Å²) < 4.78 is 10.1. The molecular formula is C17H32O4. The van der Waals surface area contributed by atoms with E-state index in [-0.39, 0.29) is 24.5 Å². The zero-order valence-electron chi connectivity index (χ0n) is 14.0. The van der Waals surface area contributed by atoms with Gasteiger partial charge < -0.3 is 9.47 Å². The summed E-state index contributed by atoms with van der Waals surface area (Å²) in [7, 11) is 0. The molecule has 0 amide bonds. The summed E-state index contributed by atoms with van der Waals surface area (Å²) in [6.07, 6.45) is 9.46. The number of carbonyl (C=O) groups excluding carboxylic acids is 2. The number of unbranched alkanes of at least 4 members (excludes halogenated alkanes) is 5. The zero-order valence-corrected chi connectivity index (χ0v) is 14.0. The van der Waals surface area contributed by atoms with Gasteiger partial charge in [0.2, 0.25) is 0 Å². The van der Waals surface area contributed by atoms with E-state index in [1.165, 1.54) is 32.1 Å². The summed E-state index contributed by atoms with van der Waals surface area (Å²) in [6, 6.07) is 0. The maximum absolute atomic E-state index is 11.6. The second-order valence-electron chi connectivity index (χ2n) is 5.52. The van der Waals surface area contributed by atoms with Crippen LogP contribution in [0.4, 0.5) is 0 Å². The predicted octanol–water partition coefficient (Wildman–Crippen LogP) is 4.40. The van der Waals surface area contributed by atoms with Crippen LogP contribution < -0.4 is 0 Å². The fraction of sp³-hybridized carbons (Fsp3) is 0.882. The van der Waals surface area contributed by atoms with E-state index in [1.54, 1.807) is 6.92 Å². The summed E-state index contributed by atoms with van der Waals surface area (Å²) >= 11 is 0. The molecule has 4 nitrogen and oxygen atoms in total. The number of esters is 2. The van der Waals surface area contributed by atoms with Crippen LogP contribution in [0.5, 0.6) is 0 Å². The summed E-state index contributed by atoms with van der Waals surface area (Å²) in [4.78, 5) is 22.7. The van der Waals surface area contributed by atoms with Gasteiger partial charge in [0.05, 0.1) is 12.7 Å². The molecule has 0 fully saturated rings. The van der Waals surface area contributed by atoms with Gasteiger partial charge in [0.1, 0.15) is 0 Å². The summed E-state index contributed by atoms with van der Waals surface area (Å²) in [5, 5.41) is 0. The van der Waals surface area contributed by atoms with Crippen LogP contribution in [0.25, 0.3) is 0 Å². The molecule has 0 aliphatic heterocycles. The lowest BCUT2D eigenvalue weighted by atomic mass is 10.1. The zero-order chi connectivity index (χ0) is 15.9. The Labute approximate surface area is 129 Å². The van der Waals surface area contributed by atoms with E-state index in [0.29, 0.717) is 19.4 Å². The molecule has 0 heterocycles. The Balaban J connectivity index is 3.50. The molecule has 0 saturated carbocycles. The topological polar surface area (TPSA) is 52.6 Å². The Kier molecular flexibility index (Phi) is 13.2. The van der Waals surface area contributed by atoms with Gasteiger partial charge in [-0.2, -0.15) is 0 Å². The molecule has 124 valence electrons. The van der Waals surface area contributed by atoms with Crippen LogP contribution in [0.2, 0.25) is 0 Å². The number of rotatable bonds is 13. The smallest absolute Gasteiger partial charge is 0.306 e. The second-order valence-corrected chi connectivity index (χ2v) is 5.52. The number of ether oxygens (including phenoxy) is 2. The molecule has 0 aromatic rings. The first kappa shape index (κ1) is 19.9. The van der Waals surface area contributed by atoms with Crippen molar-refractivity contribution in [1.29, 1.82) is 0 Å². The maximum Gasteiger partial charge on any atom is 0.306 e. The molecule has 0 aromatic heterocycles. The van der Waals surface area contributed by atoms with E-state index < -0.39 is 0 Å². The van der Waals surface area contributed by atoms with Crippen LogP contribution in [0.15, 0.2) is 0 Å². The monoisotopic (exact) mass is 300 g/mol. The molecule has 1 atom stereocenters. The molecule has 0 radical (unpaired) electrons. The minimum absolute atomic E-state index is 0.0220. The van der Waals surface area contributed by atoms with Crippen LogP contribution >= 0.6 is 0 Å². The molecule has 0 aliphatic rings. The predicted molar refractivity (Wildman–Crippen MR) is 84.0 cm³/mol. The fourth-order valence-corrected chi connectivity index (χ4v) is 2.16. The van der Waals surface area contributed by atoms with Gasteiger partial charge in [0, 0.05) is 12.8 Å². The quantitative estimate of drug-likeness (QED) is 0.373.